The van der Waals surface area contributed by atoms with Crippen LogP contribution in [-0.2, 0) is 16.6 Å². The number of carboxylic acid groups (broad SMARTS) is 1. The number of sulfonamides is 1. The Kier molecular flexibility index (Phi) is 5.53. The zero-order valence-corrected chi connectivity index (χ0v) is 14.9. The zero-order chi connectivity index (χ0) is 18.6. The number of anilines is 1. The highest BCUT2D eigenvalue weighted by atomic mass is 32.2. The van der Waals surface area contributed by atoms with Crippen molar-refractivity contribution < 1.29 is 27.8 Å². The molecule has 0 atom stereocenters. The molecule has 0 saturated heterocycles. The van der Waals surface area contributed by atoms with Gasteiger partial charge in [-0.3, -0.25) is 4.31 Å². The van der Waals surface area contributed by atoms with Gasteiger partial charge in [-0.15, -0.1) is 0 Å². The monoisotopic (exact) mass is 365 g/mol. The number of rotatable bonds is 7. The Labute approximate surface area is 146 Å². The largest absolute Gasteiger partial charge is 0.497 e. The van der Waals surface area contributed by atoms with Crippen LogP contribution in [0.15, 0.2) is 42.5 Å². The summed E-state index contributed by atoms with van der Waals surface area (Å²) in [7, 11) is -0.647. The first-order valence-electron chi connectivity index (χ1n) is 7.28. The van der Waals surface area contributed by atoms with Crippen molar-refractivity contribution in [1.82, 2.24) is 0 Å². The van der Waals surface area contributed by atoms with Gasteiger partial charge in [-0.25, -0.2) is 13.2 Å². The third-order valence-electron chi connectivity index (χ3n) is 3.58. The number of hydrogen-bond acceptors (Lipinski definition) is 5. The summed E-state index contributed by atoms with van der Waals surface area (Å²) in [5.74, 6) is -0.143. The maximum Gasteiger partial charge on any atom is 0.335 e. The van der Waals surface area contributed by atoms with Crippen molar-refractivity contribution >= 4 is 21.7 Å². The number of methoxy groups -OCH3 is 2. The quantitative estimate of drug-likeness (QED) is 0.810. The summed E-state index contributed by atoms with van der Waals surface area (Å²) < 4.78 is 36.2. The first kappa shape index (κ1) is 18.6. The SMILES string of the molecule is COc1ccc(N(Cc2ccc(C(=O)O)cc2)S(C)(=O)=O)c(OC)c1. The minimum absolute atomic E-state index is 0.0431. The average Bonchev–Trinajstić information content (AvgIpc) is 2.58. The van der Waals surface area contributed by atoms with E-state index in [2.05, 4.69) is 0 Å². The molecule has 0 spiro atoms. The Bertz CT molecular complexity index is 861. The molecule has 0 aliphatic rings. The molecule has 25 heavy (non-hydrogen) atoms. The van der Waals surface area contributed by atoms with E-state index in [4.69, 9.17) is 14.6 Å². The lowest BCUT2D eigenvalue weighted by atomic mass is 10.1. The Balaban J connectivity index is 2.42. The molecule has 2 aromatic carbocycles. The third-order valence-corrected chi connectivity index (χ3v) is 4.71. The van der Waals surface area contributed by atoms with Gasteiger partial charge in [-0.1, -0.05) is 12.1 Å². The molecule has 0 aromatic heterocycles. The fraction of sp³-hybridized carbons (Fsp3) is 0.235. The van der Waals surface area contributed by atoms with Gasteiger partial charge in [0.25, 0.3) is 0 Å². The topological polar surface area (TPSA) is 93.1 Å². The van der Waals surface area contributed by atoms with Gasteiger partial charge in [0.15, 0.2) is 0 Å². The van der Waals surface area contributed by atoms with E-state index in [1.807, 2.05) is 0 Å². The van der Waals surface area contributed by atoms with Crippen molar-refractivity contribution in [3.05, 3.63) is 53.6 Å². The molecule has 7 nitrogen and oxygen atoms in total. The summed E-state index contributed by atoms with van der Waals surface area (Å²) in [5, 5.41) is 8.95. The van der Waals surface area contributed by atoms with Crippen LogP contribution in [0.5, 0.6) is 11.5 Å². The number of ether oxygens (including phenoxy) is 2. The van der Waals surface area contributed by atoms with Crippen LogP contribution in [0, 0.1) is 0 Å². The van der Waals surface area contributed by atoms with E-state index in [9.17, 15) is 13.2 Å². The van der Waals surface area contributed by atoms with Crippen molar-refractivity contribution in [1.29, 1.82) is 0 Å². The molecular formula is C17H19NO6S. The maximum absolute atomic E-state index is 12.3. The molecular weight excluding hydrogens is 346 g/mol. The molecule has 0 bridgehead atoms. The first-order chi connectivity index (χ1) is 11.8. The summed E-state index contributed by atoms with van der Waals surface area (Å²) in [6.45, 7) is 0.0431. The second-order valence-corrected chi connectivity index (χ2v) is 7.22. The molecule has 2 aromatic rings. The van der Waals surface area contributed by atoms with Crippen molar-refractivity contribution in [2.75, 3.05) is 24.8 Å². The molecule has 0 heterocycles. The normalized spacial score (nSPS) is 11.0. The first-order valence-corrected chi connectivity index (χ1v) is 9.13. The van der Waals surface area contributed by atoms with Crippen LogP contribution in [0.4, 0.5) is 5.69 Å². The molecule has 0 aliphatic carbocycles. The molecule has 0 radical (unpaired) electrons. The third kappa shape index (κ3) is 4.42. The summed E-state index contributed by atoms with van der Waals surface area (Å²) in [5.41, 5.74) is 1.15. The lowest BCUT2D eigenvalue weighted by Gasteiger charge is -2.24. The number of benzene rings is 2. The molecule has 8 heteroatoms. The Morgan fingerprint density at radius 1 is 1.08 bits per heavy atom. The Hall–Kier alpha value is -2.74. The minimum Gasteiger partial charge on any atom is -0.497 e. The van der Waals surface area contributed by atoms with E-state index >= 15 is 0 Å². The second-order valence-electron chi connectivity index (χ2n) is 5.31. The van der Waals surface area contributed by atoms with Gasteiger partial charge in [0.05, 0.1) is 38.3 Å². The van der Waals surface area contributed by atoms with E-state index in [1.165, 1.54) is 30.7 Å². The van der Waals surface area contributed by atoms with Crippen LogP contribution in [0.1, 0.15) is 15.9 Å². The second kappa shape index (κ2) is 7.43. The van der Waals surface area contributed by atoms with Crippen LogP contribution >= 0.6 is 0 Å². The van der Waals surface area contributed by atoms with Crippen LogP contribution in [0.25, 0.3) is 0 Å². The Morgan fingerprint density at radius 2 is 1.72 bits per heavy atom. The number of nitrogens with zero attached hydrogens (tertiary/aromatic N) is 1. The molecule has 2 rings (SSSR count). The molecule has 0 saturated carbocycles. The summed E-state index contributed by atoms with van der Waals surface area (Å²) in [6.07, 6.45) is 1.10. The summed E-state index contributed by atoms with van der Waals surface area (Å²) in [4.78, 5) is 10.9. The van der Waals surface area contributed by atoms with Crippen molar-refractivity contribution in [2.45, 2.75) is 6.54 Å². The van der Waals surface area contributed by atoms with Crippen molar-refractivity contribution in [3.8, 4) is 11.5 Å². The fourth-order valence-corrected chi connectivity index (χ4v) is 3.18. The number of hydrogen-bond donors (Lipinski definition) is 1. The summed E-state index contributed by atoms with van der Waals surface area (Å²) >= 11 is 0. The fourth-order valence-electron chi connectivity index (χ4n) is 2.29. The van der Waals surface area contributed by atoms with Crippen LogP contribution < -0.4 is 13.8 Å². The van der Waals surface area contributed by atoms with E-state index in [1.54, 1.807) is 30.3 Å². The van der Waals surface area contributed by atoms with Gasteiger partial charge < -0.3 is 14.6 Å². The van der Waals surface area contributed by atoms with E-state index < -0.39 is 16.0 Å². The van der Waals surface area contributed by atoms with Gasteiger partial charge in [0, 0.05) is 6.07 Å². The molecule has 0 unspecified atom stereocenters. The van der Waals surface area contributed by atoms with E-state index in [0.717, 1.165) is 6.26 Å². The Morgan fingerprint density at radius 3 is 2.20 bits per heavy atom. The molecule has 0 fully saturated rings. The summed E-state index contributed by atoms with van der Waals surface area (Å²) in [6, 6.07) is 10.9. The highest BCUT2D eigenvalue weighted by Crippen LogP contribution is 2.34. The molecule has 134 valence electrons. The lowest BCUT2D eigenvalue weighted by Crippen LogP contribution is -2.29. The van der Waals surface area contributed by atoms with Crippen LogP contribution in [-0.4, -0.2) is 40.0 Å². The van der Waals surface area contributed by atoms with Gasteiger partial charge in [-0.05, 0) is 29.8 Å². The van der Waals surface area contributed by atoms with Gasteiger partial charge >= 0.3 is 5.97 Å². The molecule has 0 amide bonds. The smallest absolute Gasteiger partial charge is 0.335 e. The zero-order valence-electron chi connectivity index (χ0n) is 14.1. The van der Waals surface area contributed by atoms with E-state index in [-0.39, 0.29) is 12.1 Å². The van der Waals surface area contributed by atoms with Gasteiger partial charge in [0.2, 0.25) is 10.0 Å². The molecule has 1 N–H and O–H groups in total. The maximum atomic E-state index is 12.3. The van der Waals surface area contributed by atoms with Crippen LogP contribution in [0.3, 0.4) is 0 Å². The number of carbonyl (C=O) groups is 1. The van der Waals surface area contributed by atoms with Gasteiger partial charge in [-0.2, -0.15) is 0 Å². The number of aromatic carboxylic acids is 1. The van der Waals surface area contributed by atoms with Crippen molar-refractivity contribution in [2.24, 2.45) is 0 Å². The predicted molar refractivity (Wildman–Crippen MR) is 94.0 cm³/mol. The molecule has 0 aliphatic heterocycles. The van der Waals surface area contributed by atoms with Crippen LogP contribution in [0.2, 0.25) is 0 Å². The lowest BCUT2D eigenvalue weighted by molar-refractivity contribution is 0.0697. The highest BCUT2D eigenvalue weighted by Gasteiger charge is 2.22. The number of carboxylic acids is 1. The highest BCUT2D eigenvalue weighted by molar-refractivity contribution is 7.92. The van der Waals surface area contributed by atoms with E-state index in [0.29, 0.717) is 22.7 Å². The average molecular weight is 365 g/mol. The van der Waals surface area contributed by atoms with Gasteiger partial charge in [0.1, 0.15) is 11.5 Å². The predicted octanol–water partition coefficient (Wildman–Crippen LogP) is 2.37. The van der Waals surface area contributed by atoms with Crippen molar-refractivity contribution in [3.63, 3.8) is 0 Å². The minimum atomic E-state index is -3.60. The standard InChI is InChI=1S/C17H19NO6S/c1-23-14-8-9-15(16(10-14)24-2)18(25(3,21)22)11-12-4-6-13(7-5-12)17(19)20/h4-10H,11H2,1-3H3,(H,19,20).